The van der Waals surface area contributed by atoms with Crippen LogP contribution in [0, 0.1) is 5.41 Å². The number of anilines is 3. The SMILES string of the molecule is CC1(CNC(=O)CCCCCCCCNc2cccc3c2C(=O)N(C2CCC(=O)NC2=O)C3=O)CCC(c2ccc(Cl)cc2)=C(CN2CCN(c3ccc(C(=O)NSc4ccc(N[C@H](CCN5CCOCC5)CSc5ccccc5)c(S(=O)(=O)C(F)(F)F)c4)cc3)CC2)C1. The van der Waals surface area contributed by atoms with Gasteiger partial charge in [0.25, 0.3) is 27.6 Å². The Morgan fingerprint density at radius 2 is 1.51 bits per heavy atom. The Morgan fingerprint density at radius 3 is 2.23 bits per heavy atom. The highest BCUT2D eigenvalue weighted by Crippen LogP contribution is 2.44. The molecule has 4 aliphatic heterocycles. The molecule has 1 aliphatic carbocycles. The standard InChI is InChI=1S/C69H81ClF3N9O9S3/c1-68(46-75-61(83)16-9-4-2-3-5-10-32-74-58-15-11-14-56-63(58)67(88)82(66(56)87)59-27-28-62(84)77-65(59)86)31-29-55(47-17-21-50(70)22-18-47)49(43-68)44-80-34-36-81(37-35-80)52-23-19-48(20-24-52)64(85)78-93-54-25-26-57(60(42-54)94(89,90)69(71,72)73)76-51(30-33-79-38-40-91-41-39-79)45-92-53-12-7-6-8-13-53/h6-8,11-15,17-26,42,51,59,74,76H,2-5,9-10,16,27-41,43-46H2,1H3,(H,75,83)(H,78,85)(H,77,84,86)/t51-,59?,68?/m1/s1. The number of nitrogens with one attached hydrogen (secondary N) is 5. The molecule has 5 aliphatic rings. The fourth-order valence-corrected chi connectivity index (χ4v) is 15.6. The van der Waals surface area contributed by atoms with Crippen LogP contribution in [0.3, 0.4) is 0 Å². The fourth-order valence-electron chi connectivity index (χ4n) is 12.8. The number of alkyl halides is 3. The quantitative estimate of drug-likeness (QED) is 0.0130. The summed E-state index contributed by atoms with van der Waals surface area (Å²) in [7, 11) is -5.80. The van der Waals surface area contributed by atoms with Gasteiger partial charge in [0.15, 0.2) is 0 Å². The molecule has 502 valence electrons. The van der Waals surface area contributed by atoms with Gasteiger partial charge in [-0.05, 0) is 152 Å². The van der Waals surface area contributed by atoms with Crippen molar-refractivity contribution in [2.45, 2.75) is 123 Å². The summed E-state index contributed by atoms with van der Waals surface area (Å²) < 4.78 is 77.4. The number of carbonyl (C=O) groups is 6. The molecular weight excluding hydrogens is 1290 g/mol. The van der Waals surface area contributed by atoms with Crippen LogP contribution in [0.2, 0.25) is 5.02 Å². The Kier molecular flexibility index (Phi) is 23.9. The van der Waals surface area contributed by atoms with Crippen LogP contribution < -0.4 is 30.9 Å². The number of allylic oxidation sites excluding steroid dienone is 1. The summed E-state index contributed by atoms with van der Waals surface area (Å²) >= 11 is 8.61. The zero-order valence-corrected chi connectivity index (χ0v) is 55.9. The van der Waals surface area contributed by atoms with Gasteiger partial charge in [0, 0.05) is 122 Å². The minimum absolute atomic E-state index is 0.0482. The molecule has 94 heavy (non-hydrogen) atoms. The Balaban J connectivity index is 0.665. The van der Waals surface area contributed by atoms with Crippen molar-refractivity contribution < 1.29 is 55.1 Å². The van der Waals surface area contributed by atoms with E-state index in [1.807, 2.05) is 54.6 Å². The summed E-state index contributed by atoms with van der Waals surface area (Å²) in [5.41, 5.74) is 0.214. The lowest BCUT2D eigenvalue weighted by atomic mass is 9.71. The van der Waals surface area contributed by atoms with Crippen molar-refractivity contribution in [3.63, 3.8) is 0 Å². The number of benzene rings is 5. The lowest BCUT2D eigenvalue weighted by Crippen LogP contribution is -2.54. The van der Waals surface area contributed by atoms with Gasteiger partial charge in [-0.25, -0.2) is 8.42 Å². The summed E-state index contributed by atoms with van der Waals surface area (Å²) in [6.07, 6.45) is 9.20. The van der Waals surface area contributed by atoms with Crippen LogP contribution in [0.5, 0.6) is 0 Å². The number of halogens is 4. The second-order valence-corrected chi connectivity index (χ2v) is 29.3. The van der Waals surface area contributed by atoms with E-state index in [2.05, 4.69) is 59.7 Å². The average Bonchev–Trinajstić information content (AvgIpc) is 1.52. The number of hydrogen-bond acceptors (Lipinski definition) is 16. The first-order valence-electron chi connectivity index (χ1n) is 32.3. The first-order chi connectivity index (χ1) is 45.2. The highest BCUT2D eigenvalue weighted by atomic mass is 35.5. The first-order valence-corrected chi connectivity index (χ1v) is 35.9. The Labute approximate surface area is 561 Å². The van der Waals surface area contributed by atoms with Gasteiger partial charge < -0.3 is 25.6 Å². The maximum Gasteiger partial charge on any atom is 0.501 e. The Hall–Kier alpha value is -6.93. The van der Waals surface area contributed by atoms with Gasteiger partial charge in [-0.1, -0.05) is 86.2 Å². The molecule has 0 aromatic heterocycles. The number of unbranched alkanes of at least 4 members (excludes halogenated alkanes) is 5. The number of ether oxygens (including phenoxy) is 1. The number of fused-ring (bicyclic) bond motifs is 1. The number of nitrogens with zero attached hydrogens (tertiary/aromatic N) is 4. The van der Waals surface area contributed by atoms with Gasteiger partial charge in [-0.2, -0.15) is 13.2 Å². The number of hydrogen-bond donors (Lipinski definition) is 5. The molecule has 0 saturated carbocycles. The summed E-state index contributed by atoms with van der Waals surface area (Å²) in [5.74, 6) is -2.12. The molecule has 6 amide bonds. The normalized spacial score (nSPS) is 19.4. The maximum absolute atomic E-state index is 14.3. The minimum Gasteiger partial charge on any atom is -0.384 e. The van der Waals surface area contributed by atoms with E-state index in [1.165, 1.54) is 35.0 Å². The lowest BCUT2D eigenvalue weighted by molar-refractivity contribution is -0.136. The third kappa shape index (κ3) is 18.1. The number of piperidine rings is 1. The molecule has 5 aromatic carbocycles. The van der Waals surface area contributed by atoms with Crippen molar-refractivity contribution in [2.75, 3.05) is 99.9 Å². The first kappa shape index (κ1) is 69.9. The Morgan fingerprint density at radius 1 is 0.787 bits per heavy atom. The molecular formula is C69H81ClF3N9O9S3. The van der Waals surface area contributed by atoms with E-state index >= 15 is 0 Å². The fraction of sp³-hybridized carbons (Fsp3) is 0.449. The second-order valence-electron chi connectivity index (χ2n) is 25.0. The summed E-state index contributed by atoms with van der Waals surface area (Å²) in [4.78, 5) is 85.7. The van der Waals surface area contributed by atoms with E-state index in [-0.39, 0.29) is 51.9 Å². The van der Waals surface area contributed by atoms with Crippen molar-refractivity contribution in [1.82, 2.24) is 30.1 Å². The monoisotopic (exact) mass is 1370 g/mol. The van der Waals surface area contributed by atoms with Gasteiger partial charge in [0.2, 0.25) is 17.7 Å². The smallest absolute Gasteiger partial charge is 0.384 e. The number of imide groups is 2. The van der Waals surface area contributed by atoms with Crippen LogP contribution in [0.4, 0.5) is 30.2 Å². The Bertz CT molecular complexity index is 3670. The molecule has 0 radical (unpaired) electrons. The molecule has 10 rings (SSSR count). The zero-order chi connectivity index (χ0) is 66.4. The molecule has 25 heteroatoms. The number of sulfone groups is 1. The van der Waals surface area contributed by atoms with Gasteiger partial charge in [0.1, 0.15) is 10.9 Å². The number of amides is 6. The second kappa shape index (κ2) is 32.2. The largest absolute Gasteiger partial charge is 0.501 e. The van der Waals surface area contributed by atoms with Crippen molar-refractivity contribution >= 4 is 103 Å². The van der Waals surface area contributed by atoms with Crippen LogP contribution >= 0.6 is 35.3 Å². The average molecular weight is 1370 g/mol. The number of rotatable bonds is 29. The van der Waals surface area contributed by atoms with Gasteiger partial charge in [0.05, 0.1) is 30.0 Å². The molecule has 3 saturated heterocycles. The molecule has 0 bridgehead atoms. The third-order valence-corrected chi connectivity index (χ3v) is 21.8. The number of morpholine rings is 1. The van der Waals surface area contributed by atoms with Gasteiger partial charge >= 0.3 is 5.51 Å². The summed E-state index contributed by atoms with van der Waals surface area (Å²) in [6, 6.07) is 32.2. The van der Waals surface area contributed by atoms with Gasteiger partial charge in [-0.3, -0.25) is 53.5 Å². The molecule has 2 unspecified atom stereocenters. The van der Waals surface area contributed by atoms with Crippen molar-refractivity contribution in [1.29, 1.82) is 0 Å². The van der Waals surface area contributed by atoms with Crippen LogP contribution in [0.25, 0.3) is 5.57 Å². The van der Waals surface area contributed by atoms with Crippen LogP contribution in [-0.2, 0) is 29.0 Å². The molecule has 5 aromatic rings. The predicted molar refractivity (Wildman–Crippen MR) is 362 cm³/mol. The van der Waals surface area contributed by atoms with Crippen LogP contribution in [0.15, 0.2) is 136 Å². The van der Waals surface area contributed by atoms with E-state index in [9.17, 15) is 50.4 Å². The maximum atomic E-state index is 14.3. The van der Waals surface area contributed by atoms with Crippen molar-refractivity contribution in [2.24, 2.45) is 5.41 Å². The number of thioether (sulfide) groups is 1. The number of piperazine rings is 1. The predicted octanol–water partition coefficient (Wildman–Crippen LogP) is 11.5. The van der Waals surface area contributed by atoms with Crippen molar-refractivity contribution in [3.05, 3.63) is 148 Å². The molecule has 0 spiro atoms. The van der Waals surface area contributed by atoms with Crippen LogP contribution in [-0.4, -0.2) is 161 Å². The topological polar surface area (TPSA) is 219 Å². The van der Waals surface area contributed by atoms with Gasteiger partial charge in [-0.15, -0.1) is 11.8 Å². The minimum atomic E-state index is -5.80. The third-order valence-electron chi connectivity index (χ3n) is 18.1. The van der Waals surface area contributed by atoms with Crippen LogP contribution in [0.1, 0.15) is 127 Å². The zero-order valence-electron chi connectivity index (χ0n) is 52.7. The molecule has 4 heterocycles. The highest BCUT2D eigenvalue weighted by Gasteiger charge is 2.49. The highest BCUT2D eigenvalue weighted by molar-refractivity contribution is 7.99. The van der Waals surface area contributed by atoms with E-state index in [0.29, 0.717) is 67.7 Å². The summed E-state index contributed by atoms with van der Waals surface area (Å²) in [6.45, 7) is 10.5. The van der Waals surface area contributed by atoms with E-state index in [0.717, 1.165) is 143 Å². The molecule has 5 N–H and O–H groups in total. The molecule has 18 nitrogen and oxygen atoms in total. The lowest BCUT2D eigenvalue weighted by Gasteiger charge is -2.41. The van der Waals surface area contributed by atoms with E-state index in [4.69, 9.17) is 16.3 Å². The van der Waals surface area contributed by atoms with Crippen molar-refractivity contribution in [3.8, 4) is 0 Å². The summed E-state index contributed by atoms with van der Waals surface area (Å²) in [5, 5.41) is 12.6. The van der Waals surface area contributed by atoms with E-state index < -0.39 is 55.8 Å². The molecule has 3 atom stereocenters. The van der Waals surface area contributed by atoms with E-state index in [1.54, 1.807) is 30.3 Å². The number of carbonyl (C=O) groups excluding carboxylic acids is 6. The molecule has 3 fully saturated rings.